The Balaban J connectivity index is 1.22. The molecule has 4 rings (SSSR count). The number of rotatable bonds is 8. The molecule has 172 valence electrons. The lowest BCUT2D eigenvalue weighted by atomic mass is 9.63. The highest BCUT2D eigenvalue weighted by Crippen LogP contribution is 2.49. The minimum atomic E-state index is -0.0352. The van der Waals surface area contributed by atoms with E-state index >= 15 is 0 Å². The predicted octanol–water partition coefficient (Wildman–Crippen LogP) is 9.24. The van der Waals surface area contributed by atoms with Gasteiger partial charge >= 0.3 is 0 Å². The van der Waals surface area contributed by atoms with Crippen molar-refractivity contribution in [3.05, 3.63) is 47.8 Å². The van der Waals surface area contributed by atoms with Crippen molar-refractivity contribution in [2.75, 3.05) is 0 Å². The quantitative estimate of drug-likeness (QED) is 0.365. The molecule has 3 aliphatic carbocycles. The molecule has 0 spiro atoms. The summed E-state index contributed by atoms with van der Waals surface area (Å²) in [4.78, 5) is 0. The van der Waals surface area contributed by atoms with Crippen LogP contribution in [0.4, 0.5) is 4.39 Å². The van der Waals surface area contributed by atoms with Crippen LogP contribution in [-0.2, 0) is 6.42 Å². The molecule has 0 aliphatic heterocycles. The molecule has 0 heterocycles. The largest absolute Gasteiger partial charge is 0.207 e. The van der Waals surface area contributed by atoms with Crippen LogP contribution in [0.5, 0.6) is 0 Å². The highest BCUT2D eigenvalue weighted by molar-refractivity contribution is 5.28. The molecule has 3 fully saturated rings. The highest BCUT2D eigenvalue weighted by atomic mass is 19.1. The molecule has 31 heavy (non-hydrogen) atoms. The Morgan fingerprint density at radius 2 is 1.48 bits per heavy atom. The lowest BCUT2D eigenvalue weighted by Gasteiger charge is -2.43. The molecule has 0 aromatic heterocycles. The second kappa shape index (κ2) is 11.2. The van der Waals surface area contributed by atoms with Gasteiger partial charge < -0.3 is 0 Å². The van der Waals surface area contributed by atoms with Crippen LogP contribution >= 0.6 is 0 Å². The average molecular weight is 425 g/mol. The van der Waals surface area contributed by atoms with Crippen molar-refractivity contribution in [3.8, 4) is 0 Å². The first-order valence-corrected chi connectivity index (χ1v) is 13.5. The summed E-state index contributed by atoms with van der Waals surface area (Å²) in [5.41, 5.74) is 2.02. The lowest BCUT2D eigenvalue weighted by molar-refractivity contribution is 0.108. The van der Waals surface area contributed by atoms with E-state index in [2.05, 4.69) is 19.6 Å². The van der Waals surface area contributed by atoms with Crippen LogP contribution in [0.1, 0.15) is 114 Å². The Morgan fingerprint density at radius 3 is 2.19 bits per heavy atom. The summed E-state index contributed by atoms with van der Waals surface area (Å²) < 4.78 is 14.4. The third kappa shape index (κ3) is 6.02. The Bertz CT molecular complexity index is 698. The number of allylic oxidation sites excluding steroid dienone is 1. The fourth-order valence-electron chi connectivity index (χ4n) is 7.38. The summed E-state index contributed by atoms with van der Waals surface area (Å²) in [5, 5.41) is 0. The molecule has 0 amide bonds. The van der Waals surface area contributed by atoms with E-state index in [0.717, 1.165) is 35.2 Å². The molecule has 0 bridgehead atoms. The minimum absolute atomic E-state index is 0.0352. The van der Waals surface area contributed by atoms with Gasteiger partial charge in [-0.25, -0.2) is 4.39 Å². The maximum absolute atomic E-state index is 14.4. The van der Waals surface area contributed by atoms with Crippen LogP contribution in [0, 0.1) is 35.4 Å². The van der Waals surface area contributed by atoms with Crippen molar-refractivity contribution < 1.29 is 4.39 Å². The molecule has 0 nitrogen and oxygen atoms in total. The van der Waals surface area contributed by atoms with Gasteiger partial charge in [-0.2, -0.15) is 0 Å². The molecule has 4 atom stereocenters. The van der Waals surface area contributed by atoms with Crippen LogP contribution < -0.4 is 0 Å². The van der Waals surface area contributed by atoms with Gasteiger partial charge in [-0.3, -0.25) is 0 Å². The zero-order valence-electron chi connectivity index (χ0n) is 20.0. The molecular formula is C30H45F. The van der Waals surface area contributed by atoms with E-state index in [-0.39, 0.29) is 5.82 Å². The lowest BCUT2D eigenvalue weighted by Crippen LogP contribution is -2.30. The van der Waals surface area contributed by atoms with Crippen molar-refractivity contribution in [1.29, 1.82) is 0 Å². The third-order valence-electron chi connectivity index (χ3n) is 9.28. The first-order valence-electron chi connectivity index (χ1n) is 13.5. The van der Waals surface area contributed by atoms with E-state index in [9.17, 15) is 4.39 Å². The summed E-state index contributed by atoms with van der Waals surface area (Å²) in [6.07, 6.45) is 22.5. The topological polar surface area (TPSA) is 0 Å². The van der Waals surface area contributed by atoms with Crippen LogP contribution in [-0.4, -0.2) is 0 Å². The van der Waals surface area contributed by atoms with Gasteiger partial charge in [-0.15, -0.1) is 6.58 Å². The van der Waals surface area contributed by atoms with Crippen LogP contribution in [0.2, 0.25) is 0 Å². The van der Waals surface area contributed by atoms with Crippen molar-refractivity contribution in [1.82, 2.24) is 0 Å². The Hall–Kier alpha value is -1.11. The maximum Gasteiger partial charge on any atom is 0.126 e. The van der Waals surface area contributed by atoms with Gasteiger partial charge in [0.1, 0.15) is 5.82 Å². The van der Waals surface area contributed by atoms with Gasteiger partial charge in [0.2, 0.25) is 0 Å². The van der Waals surface area contributed by atoms with Crippen molar-refractivity contribution in [2.24, 2.45) is 29.6 Å². The SMILES string of the molecule is C=CCc1ccc(C2CCC3CC(CCC4CCC(CCC)CC4)CCC3C2)cc1F. The molecule has 4 unspecified atom stereocenters. The number of hydrogen-bond donors (Lipinski definition) is 0. The molecule has 3 aliphatic rings. The fraction of sp³-hybridized carbons (Fsp3) is 0.733. The molecule has 1 aromatic carbocycles. The van der Waals surface area contributed by atoms with Crippen molar-refractivity contribution in [3.63, 3.8) is 0 Å². The van der Waals surface area contributed by atoms with Gasteiger partial charge in [0.15, 0.2) is 0 Å². The van der Waals surface area contributed by atoms with Crippen molar-refractivity contribution >= 4 is 0 Å². The summed E-state index contributed by atoms with van der Waals surface area (Å²) in [6.45, 7) is 6.08. The van der Waals surface area contributed by atoms with Gasteiger partial charge in [0.05, 0.1) is 0 Å². The normalized spacial score (nSPS) is 33.6. The number of hydrogen-bond acceptors (Lipinski definition) is 0. The monoisotopic (exact) mass is 424 g/mol. The van der Waals surface area contributed by atoms with Gasteiger partial charge in [0.25, 0.3) is 0 Å². The Labute approximate surface area is 191 Å². The molecule has 1 aromatic rings. The van der Waals surface area contributed by atoms with E-state index in [1.807, 2.05) is 12.1 Å². The maximum atomic E-state index is 14.4. The van der Waals surface area contributed by atoms with Gasteiger partial charge in [-0.05, 0) is 91.2 Å². The minimum Gasteiger partial charge on any atom is -0.207 e. The average Bonchev–Trinajstić information content (AvgIpc) is 2.80. The van der Waals surface area contributed by atoms with E-state index in [4.69, 9.17) is 0 Å². The second-order valence-corrected chi connectivity index (χ2v) is 11.3. The number of halogens is 1. The summed E-state index contributed by atoms with van der Waals surface area (Å²) in [7, 11) is 0. The molecule has 3 saturated carbocycles. The van der Waals surface area contributed by atoms with Crippen LogP contribution in [0.15, 0.2) is 30.9 Å². The van der Waals surface area contributed by atoms with E-state index < -0.39 is 0 Å². The number of benzene rings is 1. The molecule has 0 radical (unpaired) electrons. The molecule has 0 N–H and O–H groups in total. The van der Waals surface area contributed by atoms with Gasteiger partial charge in [0, 0.05) is 0 Å². The fourth-order valence-corrected chi connectivity index (χ4v) is 7.38. The standard InChI is InChI=1S/C30H45F/c1-3-5-22-7-9-23(10-8-22)11-12-24-13-14-27-20-28(18-17-26(27)19-24)29-16-15-25(6-4-2)30(31)21-29/h4,15-16,21-24,26-28H,2-3,5-14,17-20H2,1H3. The number of fused-ring (bicyclic) bond motifs is 1. The zero-order valence-corrected chi connectivity index (χ0v) is 20.0. The first kappa shape index (κ1) is 23.1. The van der Waals surface area contributed by atoms with Crippen molar-refractivity contribution in [2.45, 2.75) is 109 Å². The third-order valence-corrected chi connectivity index (χ3v) is 9.28. The predicted molar refractivity (Wildman–Crippen MR) is 131 cm³/mol. The van der Waals surface area contributed by atoms with Crippen LogP contribution in [0.25, 0.3) is 0 Å². The summed E-state index contributed by atoms with van der Waals surface area (Å²) in [5.74, 6) is 5.42. The van der Waals surface area contributed by atoms with Crippen LogP contribution in [0.3, 0.4) is 0 Å². The second-order valence-electron chi connectivity index (χ2n) is 11.3. The van der Waals surface area contributed by atoms with E-state index in [0.29, 0.717) is 12.3 Å². The van der Waals surface area contributed by atoms with E-state index in [1.165, 1.54) is 95.5 Å². The smallest absolute Gasteiger partial charge is 0.126 e. The summed E-state index contributed by atoms with van der Waals surface area (Å²) in [6, 6.07) is 6.00. The summed E-state index contributed by atoms with van der Waals surface area (Å²) >= 11 is 0. The highest BCUT2D eigenvalue weighted by Gasteiger charge is 2.36. The first-order chi connectivity index (χ1) is 15.2. The Morgan fingerprint density at radius 1 is 0.839 bits per heavy atom. The molecule has 1 heteroatoms. The zero-order chi connectivity index (χ0) is 21.6. The van der Waals surface area contributed by atoms with Gasteiger partial charge in [-0.1, -0.05) is 82.9 Å². The molecule has 0 saturated heterocycles. The van der Waals surface area contributed by atoms with E-state index in [1.54, 1.807) is 6.08 Å². The Kier molecular flexibility index (Phi) is 8.30. The molecular weight excluding hydrogens is 379 g/mol.